The van der Waals surface area contributed by atoms with Gasteiger partial charge in [-0.15, -0.1) is 0 Å². The molecule has 2 amide bonds. The predicted molar refractivity (Wildman–Crippen MR) is 212 cm³/mol. The number of amides is 2. The lowest BCUT2D eigenvalue weighted by molar-refractivity contribution is -0.137. The zero-order valence-corrected chi connectivity index (χ0v) is 31.6. The summed E-state index contributed by atoms with van der Waals surface area (Å²) in [6.45, 7) is 4.63. The van der Waals surface area contributed by atoms with Crippen LogP contribution in [0, 0.1) is 0 Å². The van der Waals surface area contributed by atoms with Crippen LogP contribution in [-0.4, -0.2) is 98.2 Å². The maximum Gasteiger partial charge on any atom is 0.245 e. The first kappa shape index (κ1) is 35.9. The van der Waals surface area contributed by atoms with Gasteiger partial charge in [0.15, 0.2) is 0 Å². The van der Waals surface area contributed by atoms with Crippen LogP contribution in [0.15, 0.2) is 91.3 Å². The normalized spacial score (nSPS) is 19.8. The fraction of sp³-hybridized carbons (Fsp3) is 0.409. The summed E-state index contributed by atoms with van der Waals surface area (Å²) in [6, 6.07) is 26.7. The van der Waals surface area contributed by atoms with Gasteiger partial charge in [-0.25, -0.2) is 9.97 Å². The average molecular weight is 725 g/mol. The number of rotatable bonds is 11. The van der Waals surface area contributed by atoms with Crippen LogP contribution in [0.4, 0.5) is 0 Å². The largest absolute Gasteiger partial charge is 0.340 e. The Bertz CT molecular complexity index is 2010. The Balaban J connectivity index is 0.900. The first-order chi connectivity index (χ1) is 26.4. The van der Waals surface area contributed by atoms with Crippen LogP contribution in [0.25, 0.3) is 33.6 Å². The van der Waals surface area contributed by atoms with Gasteiger partial charge in [-0.2, -0.15) is 0 Å². The van der Waals surface area contributed by atoms with Crippen molar-refractivity contribution in [3.05, 3.63) is 108 Å². The zero-order chi connectivity index (χ0) is 37.0. The lowest BCUT2D eigenvalue weighted by atomic mass is 10.0. The van der Waals surface area contributed by atoms with Crippen LogP contribution in [0.5, 0.6) is 0 Å². The van der Waals surface area contributed by atoms with E-state index in [4.69, 9.17) is 9.97 Å². The van der Waals surface area contributed by atoms with Crippen molar-refractivity contribution in [3.8, 4) is 33.6 Å². The van der Waals surface area contributed by atoms with Gasteiger partial charge in [-0.05, 0) is 93.5 Å². The number of aromatic nitrogens is 4. The number of nitrogens with one attached hydrogen (secondary N) is 2. The van der Waals surface area contributed by atoms with E-state index in [9.17, 15) is 9.59 Å². The monoisotopic (exact) mass is 724 g/mol. The highest BCUT2D eigenvalue weighted by atomic mass is 16.2. The molecule has 54 heavy (non-hydrogen) atoms. The van der Waals surface area contributed by atoms with E-state index in [1.165, 1.54) is 19.3 Å². The third kappa shape index (κ3) is 7.63. The number of nitrogens with zero attached hydrogens (tertiary/aromatic N) is 6. The molecule has 3 atom stereocenters. The molecule has 3 aliphatic heterocycles. The lowest BCUT2D eigenvalue weighted by Gasteiger charge is -2.31. The van der Waals surface area contributed by atoms with Crippen molar-refractivity contribution in [1.29, 1.82) is 0 Å². The number of carbonyl (C=O) groups is 2. The summed E-state index contributed by atoms with van der Waals surface area (Å²) in [6.07, 6.45) is 12.0. The highest BCUT2D eigenvalue weighted by Crippen LogP contribution is 2.36. The van der Waals surface area contributed by atoms with Crippen molar-refractivity contribution in [1.82, 2.24) is 39.5 Å². The molecule has 0 aliphatic carbocycles. The molecule has 3 fully saturated rings. The summed E-state index contributed by atoms with van der Waals surface area (Å²) < 4.78 is 0. The van der Waals surface area contributed by atoms with Gasteiger partial charge in [0.25, 0.3) is 0 Å². The fourth-order valence-electron chi connectivity index (χ4n) is 8.69. The summed E-state index contributed by atoms with van der Waals surface area (Å²) in [4.78, 5) is 52.2. The Labute approximate surface area is 318 Å². The van der Waals surface area contributed by atoms with Crippen LogP contribution in [0.2, 0.25) is 0 Å². The molecule has 0 spiro atoms. The molecule has 2 aromatic heterocycles. The van der Waals surface area contributed by atoms with Crippen LogP contribution < -0.4 is 0 Å². The number of benzene rings is 3. The number of H-pyrrole nitrogens is 2. The Hall–Kier alpha value is -5.06. The molecular weight excluding hydrogens is 673 g/mol. The van der Waals surface area contributed by atoms with Crippen LogP contribution in [-0.2, 0) is 9.59 Å². The van der Waals surface area contributed by atoms with E-state index in [1.807, 2.05) is 71.5 Å². The standard InChI is InChI=1S/C44H52N8O2/c1-49(2)41(35-11-5-3-6-12-35)44(54)52-27-10-14-39(52)43-46-30-37(48-43)34-21-17-32(18-22-34)31-15-19-33(20-16-31)36-29-45-42(47-36)38-13-9-26-51(38)40(53)23-28-50-24-7-4-8-25-50/h3,5-6,11-12,15-22,29-30,38-39,41H,4,7-10,13-14,23-28H2,1-2H3,(H,45,47)(H,46,48)/t38-,39-,41?/m0/s1. The van der Waals surface area contributed by atoms with E-state index in [0.717, 1.165) is 109 Å². The third-order valence-electron chi connectivity index (χ3n) is 11.6. The first-order valence-electron chi connectivity index (χ1n) is 19.8. The van der Waals surface area contributed by atoms with E-state index >= 15 is 0 Å². The number of likely N-dealkylation sites (N-methyl/N-ethyl adjacent to an activating group) is 1. The van der Waals surface area contributed by atoms with Gasteiger partial charge >= 0.3 is 0 Å². The average Bonchev–Trinajstić information content (AvgIpc) is 4.05. The number of hydrogen-bond acceptors (Lipinski definition) is 6. The second kappa shape index (κ2) is 16.1. The molecule has 3 aliphatic rings. The minimum atomic E-state index is -0.335. The van der Waals surface area contributed by atoms with Crippen molar-refractivity contribution >= 4 is 11.8 Å². The molecule has 8 rings (SSSR count). The molecular formula is C44H52N8O2. The molecule has 3 saturated heterocycles. The first-order valence-corrected chi connectivity index (χ1v) is 19.8. The quantitative estimate of drug-likeness (QED) is 0.145. The fourth-order valence-corrected chi connectivity index (χ4v) is 8.69. The molecule has 0 bridgehead atoms. The summed E-state index contributed by atoms with van der Waals surface area (Å²) in [5.74, 6) is 2.07. The Morgan fingerprint density at radius 3 is 1.74 bits per heavy atom. The Morgan fingerprint density at radius 2 is 1.19 bits per heavy atom. The number of aromatic amines is 2. The highest BCUT2D eigenvalue weighted by molar-refractivity contribution is 5.84. The van der Waals surface area contributed by atoms with Gasteiger partial charge < -0.3 is 24.7 Å². The summed E-state index contributed by atoms with van der Waals surface area (Å²) in [7, 11) is 3.93. The van der Waals surface area contributed by atoms with Gasteiger partial charge in [0.1, 0.15) is 17.7 Å². The van der Waals surface area contributed by atoms with Gasteiger partial charge in [-0.3, -0.25) is 14.5 Å². The number of hydrogen-bond donors (Lipinski definition) is 2. The number of likely N-dealkylation sites (tertiary alicyclic amines) is 3. The molecule has 10 heteroatoms. The molecule has 5 aromatic rings. The minimum Gasteiger partial charge on any atom is -0.340 e. The van der Waals surface area contributed by atoms with E-state index in [0.29, 0.717) is 6.42 Å². The molecule has 280 valence electrons. The Kier molecular flexibility index (Phi) is 10.7. The molecule has 10 nitrogen and oxygen atoms in total. The zero-order valence-electron chi connectivity index (χ0n) is 31.6. The highest BCUT2D eigenvalue weighted by Gasteiger charge is 2.37. The topological polar surface area (TPSA) is 104 Å². The number of piperidine rings is 1. The maximum absolute atomic E-state index is 13.9. The number of carbonyl (C=O) groups excluding carboxylic acids is 2. The lowest BCUT2D eigenvalue weighted by Crippen LogP contribution is -2.40. The summed E-state index contributed by atoms with van der Waals surface area (Å²) in [5, 5.41) is 0. The Morgan fingerprint density at radius 1 is 0.667 bits per heavy atom. The SMILES string of the molecule is CN(C)C(C(=O)N1CCC[C@H]1c1ncc(-c2ccc(-c3ccc(-c4cnc([C@@H]5CCCN5C(=O)CCN5CCCCC5)[nH]4)cc3)cc2)[nH]1)c1ccccc1. The van der Waals surface area contributed by atoms with Crippen molar-refractivity contribution < 1.29 is 9.59 Å². The maximum atomic E-state index is 13.9. The van der Waals surface area contributed by atoms with Gasteiger partial charge in [0.05, 0.1) is 35.9 Å². The van der Waals surface area contributed by atoms with E-state index in [2.05, 4.69) is 63.4 Å². The molecule has 1 unspecified atom stereocenters. The molecule has 5 heterocycles. The molecule has 0 saturated carbocycles. The van der Waals surface area contributed by atoms with Crippen molar-refractivity contribution in [2.45, 2.75) is 69.5 Å². The van der Waals surface area contributed by atoms with Crippen LogP contribution in [0.3, 0.4) is 0 Å². The van der Waals surface area contributed by atoms with E-state index in [1.54, 1.807) is 0 Å². The number of imidazole rings is 2. The second-order valence-corrected chi connectivity index (χ2v) is 15.4. The van der Waals surface area contributed by atoms with Crippen LogP contribution in [0.1, 0.15) is 86.7 Å². The smallest absolute Gasteiger partial charge is 0.245 e. The second-order valence-electron chi connectivity index (χ2n) is 15.4. The van der Waals surface area contributed by atoms with Gasteiger partial charge in [-0.1, -0.05) is 85.3 Å². The summed E-state index contributed by atoms with van der Waals surface area (Å²) >= 11 is 0. The van der Waals surface area contributed by atoms with Gasteiger partial charge in [0, 0.05) is 26.1 Å². The minimum absolute atomic E-state index is 0.0195. The van der Waals surface area contributed by atoms with Crippen molar-refractivity contribution in [3.63, 3.8) is 0 Å². The van der Waals surface area contributed by atoms with E-state index < -0.39 is 0 Å². The van der Waals surface area contributed by atoms with Crippen molar-refractivity contribution in [2.75, 3.05) is 46.8 Å². The van der Waals surface area contributed by atoms with Gasteiger partial charge in [0.2, 0.25) is 11.8 Å². The molecule has 2 N–H and O–H groups in total. The predicted octanol–water partition coefficient (Wildman–Crippen LogP) is 7.64. The third-order valence-corrected chi connectivity index (χ3v) is 11.6. The van der Waals surface area contributed by atoms with Crippen molar-refractivity contribution in [2.24, 2.45) is 0 Å². The van der Waals surface area contributed by atoms with E-state index in [-0.39, 0.29) is 29.9 Å². The molecule has 0 radical (unpaired) electrons. The molecule has 3 aromatic carbocycles. The van der Waals surface area contributed by atoms with Crippen LogP contribution >= 0.6 is 0 Å². The summed E-state index contributed by atoms with van der Waals surface area (Å²) in [5.41, 5.74) is 7.29.